The summed E-state index contributed by atoms with van der Waals surface area (Å²) >= 11 is 0. The molecule has 5 nitrogen and oxygen atoms in total. The molecular formula is C25H28N4O. The van der Waals surface area contributed by atoms with Gasteiger partial charge in [-0.05, 0) is 56.4 Å². The highest BCUT2D eigenvalue weighted by atomic mass is 16.1. The van der Waals surface area contributed by atoms with Crippen LogP contribution in [0.3, 0.4) is 0 Å². The summed E-state index contributed by atoms with van der Waals surface area (Å²) in [4.78, 5) is 14.9. The molecule has 4 N–H and O–H groups in total. The second-order valence-electron chi connectivity index (χ2n) is 7.70. The molecule has 0 unspecified atom stereocenters. The van der Waals surface area contributed by atoms with Crippen LogP contribution >= 0.6 is 0 Å². The van der Waals surface area contributed by atoms with Gasteiger partial charge in [0.1, 0.15) is 0 Å². The van der Waals surface area contributed by atoms with Crippen molar-refractivity contribution in [1.29, 1.82) is 5.41 Å². The van der Waals surface area contributed by atoms with Gasteiger partial charge in [-0.1, -0.05) is 48.5 Å². The summed E-state index contributed by atoms with van der Waals surface area (Å²) in [6.45, 7) is 2.09. The van der Waals surface area contributed by atoms with Crippen molar-refractivity contribution < 1.29 is 4.79 Å². The highest BCUT2D eigenvalue weighted by Gasteiger charge is 2.13. The number of amides is 1. The number of anilines is 2. The number of carbonyl (C=O) groups is 1. The highest BCUT2D eigenvalue weighted by molar-refractivity contribution is 6.07. The molecule has 5 heteroatoms. The minimum absolute atomic E-state index is 0.211. The number of nitrogen functional groups attached to an aromatic ring is 1. The first kappa shape index (κ1) is 21.3. The van der Waals surface area contributed by atoms with E-state index in [1.54, 1.807) is 18.2 Å². The van der Waals surface area contributed by atoms with Crippen molar-refractivity contribution in [2.24, 2.45) is 0 Å². The Morgan fingerprint density at radius 2 is 1.63 bits per heavy atom. The first-order valence-electron chi connectivity index (χ1n) is 9.95. The van der Waals surface area contributed by atoms with E-state index in [1.165, 1.54) is 0 Å². The lowest BCUT2D eigenvalue weighted by molar-refractivity contribution is 0.102. The number of benzene rings is 3. The van der Waals surface area contributed by atoms with E-state index in [-0.39, 0.29) is 11.9 Å². The molecule has 0 aliphatic carbocycles. The van der Waals surface area contributed by atoms with Crippen LogP contribution in [0.25, 0.3) is 11.1 Å². The molecule has 0 saturated heterocycles. The van der Waals surface area contributed by atoms with E-state index in [0.29, 0.717) is 29.1 Å². The van der Waals surface area contributed by atoms with Gasteiger partial charge in [0.2, 0.25) is 0 Å². The van der Waals surface area contributed by atoms with Gasteiger partial charge in [-0.25, -0.2) is 0 Å². The van der Waals surface area contributed by atoms with Crippen LogP contribution in [-0.4, -0.2) is 36.7 Å². The van der Waals surface area contributed by atoms with Crippen molar-refractivity contribution in [2.45, 2.75) is 19.4 Å². The number of nitrogens with zero attached hydrogens (tertiary/aromatic N) is 1. The van der Waals surface area contributed by atoms with Gasteiger partial charge in [0.15, 0.2) is 0 Å². The molecule has 0 fully saturated rings. The number of rotatable bonds is 7. The Hall–Kier alpha value is -3.44. The fourth-order valence-electron chi connectivity index (χ4n) is 3.15. The minimum atomic E-state index is -0.211. The first-order chi connectivity index (χ1) is 14.3. The Balaban J connectivity index is 1.77. The molecule has 3 rings (SSSR count). The number of carbonyl (C=O) groups excluding carboxylic acids is 1. The van der Waals surface area contributed by atoms with Gasteiger partial charge in [0, 0.05) is 35.0 Å². The average molecular weight is 401 g/mol. The summed E-state index contributed by atoms with van der Waals surface area (Å²) in [5, 5.41) is 11.3. The van der Waals surface area contributed by atoms with Crippen LogP contribution in [0.5, 0.6) is 0 Å². The number of hydrogen-bond donors (Lipinski definition) is 3. The SMILES string of the molecule is C[C@H](CC(=N)c1ccc(C(=O)Nc2cc(N)ccc2-c2ccccc2)cc1)N(C)C. The van der Waals surface area contributed by atoms with Gasteiger partial charge < -0.3 is 21.4 Å². The van der Waals surface area contributed by atoms with Crippen molar-refractivity contribution >= 4 is 23.0 Å². The normalized spacial score (nSPS) is 11.9. The lowest BCUT2D eigenvalue weighted by Crippen LogP contribution is -2.27. The second-order valence-corrected chi connectivity index (χ2v) is 7.70. The van der Waals surface area contributed by atoms with Crippen molar-refractivity contribution in [3.63, 3.8) is 0 Å². The maximum Gasteiger partial charge on any atom is 0.255 e. The Bertz CT molecular complexity index is 1030. The van der Waals surface area contributed by atoms with E-state index < -0.39 is 0 Å². The zero-order valence-corrected chi connectivity index (χ0v) is 17.6. The molecule has 1 amide bonds. The molecule has 0 aliphatic heterocycles. The zero-order chi connectivity index (χ0) is 21.7. The van der Waals surface area contributed by atoms with Crippen LogP contribution < -0.4 is 11.1 Å². The molecule has 1 atom stereocenters. The van der Waals surface area contributed by atoms with E-state index >= 15 is 0 Å². The lowest BCUT2D eigenvalue weighted by atomic mass is 10.0. The summed E-state index contributed by atoms with van der Waals surface area (Å²) in [6.07, 6.45) is 0.655. The topological polar surface area (TPSA) is 82.2 Å². The largest absolute Gasteiger partial charge is 0.399 e. The van der Waals surface area contributed by atoms with E-state index in [4.69, 9.17) is 11.1 Å². The van der Waals surface area contributed by atoms with E-state index in [0.717, 1.165) is 16.7 Å². The number of nitrogens with two attached hydrogens (primary N) is 1. The molecule has 0 spiro atoms. The fourth-order valence-corrected chi connectivity index (χ4v) is 3.15. The monoisotopic (exact) mass is 400 g/mol. The van der Waals surface area contributed by atoms with Crippen LogP contribution in [0, 0.1) is 5.41 Å². The average Bonchev–Trinajstić information content (AvgIpc) is 2.74. The van der Waals surface area contributed by atoms with Gasteiger partial charge in [-0.2, -0.15) is 0 Å². The summed E-state index contributed by atoms with van der Waals surface area (Å²) in [6, 6.07) is 22.8. The molecule has 0 aliphatic rings. The fraction of sp³-hybridized carbons (Fsp3) is 0.200. The second kappa shape index (κ2) is 9.37. The third-order valence-corrected chi connectivity index (χ3v) is 5.25. The van der Waals surface area contributed by atoms with Crippen LogP contribution in [0.2, 0.25) is 0 Å². The summed E-state index contributed by atoms with van der Waals surface area (Å²) in [7, 11) is 4.01. The summed E-state index contributed by atoms with van der Waals surface area (Å²) < 4.78 is 0. The Morgan fingerprint density at radius 3 is 2.27 bits per heavy atom. The van der Waals surface area contributed by atoms with Gasteiger partial charge in [-0.3, -0.25) is 4.79 Å². The van der Waals surface area contributed by atoms with Crippen molar-refractivity contribution in [3.05, 3.63) is 83.9 Å². The van der Waals surface area contributed by atoms with Gasteiger partial charge in [0.25, 0.3) is 5.91 Å². The molecular weight excluding hydrogens is 372 g/mol. The highest BCUT2D eigenvalue weighted by Crippen LogP contribution is 2.30. The van der Waals surface area contributed by atoms with Crippen molar-refractivity contribution in [3.8, 4) is 11.1 Å². The maximum absolute atomic E-state index is 12.8. The molecule has 0 aromatic heterocycles. The van der Waals surface area contributed by atoms with Gasteiger partial charge in [-0.15, -0.1) is 0 Å². The molecule has 154 valence electrons. The molecule has 0 heterocycles. The molecule has 30 heavy (non-hydrogen) atoms. The molecule has 0 saturated carbocycles. The Kier molecular flexibility index (Phi) is 6.65. The summed E-state index contributed by atoms with van der Waals surface area (Å²) in [5.41, 5.74) is 11.1. The Labute approximate surface area is 178 Å². The van der Waals surface area contributed by atoms with Crippen LogP contribution in [0.4, 0.5) is 11.4 Å². The third-order valence-electron chi connectivity index (χ3n) is 5.25. The Morgan fingerprint density at radius 1 is 1.00 bits per heavy atom. The molecule has 3 aromatic rings. The van der Waals surface area contributed by atoms with Crippen LogP contribution in [0.15, 0.2) is 72.8 Å². The first-order valence-corrected chi connectivity index (χ1v) is 9.95. The predicted molar refractivity (Wildman–Crippen MR) is 125 cm³/mol. The quantitative estimate of drug-likeness (QED) is 0.390. The van der Waals surface area contributed by atoms with E-state index in [9.17, 15) is 4.79 Å². The number of hydrogen-bond acceptors (Lipinski definition) is 4. The molecule has 0 bridgehead atoms. The van der Waals surface area contributed by atoms with Crippen LogP contribution in [-0.2, 0) is 0 Å². The predicted octanol–water partition coefficient (Wildman–Crippen LogP) is 4.90. The van der Waals surface area contributed by atoms with Gasteiger partial charge >= 0.3 is 0 Å². The van der Waals surface area contributed by atoms with E-state index in [2.05, 4.69) is 17.1 Å². The smallest absolute Gasteiger partial charge is 0.255 e. The van der Waals surface area contributed by atoms with Crippen molar-refractivity contribution in [2.75, 3.05) is 25.1 Å². The van der Waals surface area contributed by atoms with Crippen molar-refractivity contribution in [1.82, 2.24) is 4.90 Å². The van der Waals surface area contributed by atoms with E-state index in [1.807, 2.05) is 68.7 Å². The minimum Gasteiger partial charge on any atom is -0.399 e. The molecule has 0 radical (unpaired) electrons. The number of nitrogens with one attached hydrogen (secondary N) is 2. The third kappa shape index (κ3) is 5.13. The lowest BCUT2D eigenvalue weighted by Gasteiger charge is -2.20. The summed E-state index contributed by atoms with van der Waals surface area (Å²) in [5.74, 6) is -0.211. The standard InChI is InChI=1S/C25H28N4O/c1-17(29(2)3)15-23(27)19-9-11-20(12-10-19)25(30)28-24-16-21(26)13-14-22(24)18-7-5-4-6-8-18/h4-14,16-17,27H,15,26H2,1-3H3,(H,28,30)/t17-/m1/s1. The zero-order valence-electron chi connectivity index (χ0n) is 17.6. The van der Waals surface area contributed by atoms with Crippen LogP contribution in [0.1, 0.15) is 29.3 Å². The molecule has 3 aromatic carbocycles. The van der Waals surface area contributed by atoms with Gasteiger partial charge in [0.05, 0.1) is 5.69 Å². The maximum atomic E-state index is 12.8.